The molecule has 0 amide bonds. The summed E-state index contributed by atoms with van der Waals surface area (Å²) in [5.41, 5.74) is 1.82. The molecule has 3 nitrogen and oxygen atoms in total. The van der Waals surface area contributed by atoms with Gasteiger partial charge in [-0.05, 0) is 86.4 Å². The molecule has 24 heavy (non-hydrogen) atoms. The smallest absolute Gasteiger partial charge is 0.0583 e. The summed E-state index contributed by atoms with van der Waals surface area (Å²) in [6.45, 7) is 6.67. The maximum absolute atomic E-state index is 10.9. The molecule has 3 fully saturated rings. The number of hydrogen-bond acceptors (Lipinski definition) is 3. The van der Waals surface area contributed by atoms with Crippen molar-refractivity contribution >= 4 is 0 Å². The molecule has 0 aromatic carbocycles. The van der Waals surface area contributed by atoms with Gasteiger partial charge in [-0.2, -0.15) is 0 Å². The molecule has 136 valence electrons. The first kappa shape index (κ1) is 17.1. The van der Waals surface area contributed by atoms with Crippen LogP contribution < -0.4 is 0 Å². The predicted molar refractivity (Wildman–Crippen MR) is 94.3 cm³/mol. The van der Waals surface area contributed by atoms with Crippen molar-refractivity contribution in [2.24, 2.45) is 34.5 Å². The van der Waals surface area contributed by atoms with Gasteiger partial charge in [0.05, 0.1) is 18.3 Å². The highest BCUT2D eigenvalue weighted by atomic mass is 16.3. The normalized spacial score (nSPS) is 55.2. The second kappa shape index (κ2) is 5.56. The highest BCUT2D eigenvalue weighted by Gasteiger charge is 2.59. The quantitative estimate of drug-likeness (QED) is 0.645. The van der Waals surface area contributed by atoms with Gasteiger partial charge < -0.3 is 15.3 Å². The summed E-state index contributed by atoms with van der Waals surface area (Å²) < 4.78 is 0. The van der Waals surface area contributed by atoms with E-state index in [0.717, 1.165) is 38.5 Å². The van der Waals surface area contributed by atoms with Crippen LogP contribution in [0.5, 0.6) is 0 Å². The van der Waals surface area contributed by atoms with Crippen LogP contribution in [-0.2, 0) is 0 Å². The lowest BCUT2D eigenvalue weighted by Gasteiger charge is -2.58. The lowest BCUT2D eigenvalue weighted by Crippen LogP contribution is -2.54. The van der Waals surface area contributed by atoms with Crippen molar-refractivity contribution in [2.45, 2.75) is 84.0 Å². The van der Waals surface area contributed by atoms with Gasteiger partial charge in [-0.25, -0.2) is 0 Å². The molecule has 0 aliphatic heterocycles. The van der Waals surface area contributed by atoms with Gasteiger partial charge in [-0.15, -0.1) is 0 Å². The van der Waals surface area contributed by atoms with Crippen LogP contribution in [0.25, 0.3) is 0 Å². The lowest BCUT2D eigenvalue weighted by atomic mass is 9.48. The molecule has 0 saturated heterocycles. The van der Waals surface area contributed by atoms with Gasteiger partial charge in [0.15, 0.2) is 0 Å². The molecule has 0 aromatic rings. The Morgan fingerprint density at radius 3 is 2.54 bits per heavy atom. The van der Waals surface area contributed by atoms with Crippen LogP contribution in [0, 0.1) is 34.5 Å². The summed E-state index contributed by atoms with van der Waals surface area (Å²) in [4.78, 5) is 0. The molecule has 4 aliphatic carbocycles. The van der Waals surface area contributed by atoms with E-state index in [-0.39, 0.29) is 35.1 Å². The summed E-state index contributed by atoms with van der Waals surface area (Å²) in [5.74, 6) is 1.66. The molecule has 3 heteroatoms. The lowest BCUT2D eigenvalue weighted by molar-refractivity contribution is -0.0846. The second-order valence-corrected chi connectivity index (χ2v) is 9.76. The molecule has 0 heterocycles. The standard InChI is InChI=1S/C21H34O3/c1-12(22)15-4-5-16-14-11-19(24)18-10-13(23)6-8-21(18,3)17(14)7-9-20(15,16)2/h7,12-16,18-19,22-24H,4-6,8-11H2,1-3H3/t12?,13?,14-,15+,16-,18?,19?,20+,21+/m0/s1. The van der Waals surface area contributed by atoms with E-state index >= 15 is 0 Å². The Balaban J connectivity index is 1.71. The van der Waals surface area contributed by atoms with E-state index in [4.69, 9.17) is 0 Å². The molecule has 4 rings (SSSR count). The Hall–Kier alpha value is -0.380. The van der Waals surface area contributed by atoms with Gasteiger partial charge >= 0.3 is 0 Å². The second-order valence-electron chi connectivity index (χ2n) is 9.76. The summed E-state index contributed by atoms with van der Waals surface area (Å²) in [7, 11) is 0. The van der Waals surface area contributed by atoms with Crippen LogP contribution in [0.1, 0.15) is 65.7 Å². The van der Waals surface area contributed by atoms with E-state index in [1.807, 2.05) is 6.92 Å². The van der Waals surface area contributed by atoms with Crippen molar-refractivity contribution in [1.29, 1.82) is 0 Å². The van der Waals surface area contributed by atoms with E-state index < -0.39 is 0 Å². The van der Waals surface area contributed by atoms with Gasteiger partial charge in [0, 0.05) is 0 Å². The van der Waals surface area contributed by atoms with E-state index in [1.54, 1.807) is 5.57 Å². The van der Waals surface area contributed by atoms with Gasteiger partial charge in [-0.3, -0.25) is 0 Å². The summed E-state index contributed by atoms with van der Waals surface area (Å²) in [5, 5.41) is 31.3. The minimum Gasteiger partial charge on any atom is -0.393 e. The largest absolute Gasteiger partial charge is 0.393 e. The van der Waals surface area contributed by atoms with Crippen molar-refractivity contribution in [3.63, 3.8) is 0 Å². The Bertz CT molecular complexity index is 541. The third-order valence-corrected chi connectivity index (χ3v) is 8.67. The Morgan fingerprint density at radius 1 is 1.08 bits per heavy atom. The van der Waals surface area contributed by atoms with Gasteiger partial charge in [0.2, 0.25) is 0 Å². The average molecular weight is 335 g/mol. The van der Waals surface area contributed by atoms with Gasteiger partial charge in [0.1, 0.15) is 0 Å². The number of hydrogen-bond donors (Lipinski definition) is 3. The molecule has 4 unspecified atom stereocenters. The summed E-state index contributed by atoms with van der Waals surface area (Å²) in [6, 6.07) is 0. The van der Waals surface area contributed by atoms with Crippen molar-refractivity contribution in [1.82, 2.24) is 0 Å². The van der Waals surface area contributed by atoms with Crippen LogP contribution in [0.3, 0.4) is 0 Å². The Kier molecular flexibility index (Phi) is 3.95. The van der Waals surface area contributed by atoms with Gasteiger partial charge in [0.25, 0.3) is 0 Å². The molecule has 0 aromatic heterocycles. The maximum Gasteiger partial charge on any atom is 0.0583 e. The third-order valence-electron chi connectivity index (χ3n) is 8.67. The Morgan fingerprint density at radius 2 is 1.83 bits per heavy atom. The molecule has 0 spiro atoms. The predicted octanol–water partition coefficient (Wildman–Crippen LogP) is 3.28. The van der Waals surface area contributed by atoms with Crippen molar-refractivity contribution in [3.05, 3.63) is 11.6 Å². The zero-order valence-electron chi connectivity index (χ0n) is 15.4. The fraction of sp³-hybridized carbons (Fsp3) is 0.905. The molecule has 3 N–H and O–H groups in total. The highest BCUT2D eigenvalue weighted by molar-refractivity contribution is 5.30. The minimum atomic E-state index is -0.292. The molecule has 4 aliphatic rings. The molecular formula is C21H34O3. The van der Waals surface area contributed by atoms with Crippen LogP contribution in [-0.4, -0.2) is 33.6 Å². The minimum absolute atomic E-state index is 0.0613. The van der Waals surface area contributed by atoms with Crippen molar-refractivity contribution in [3.8, 4) is 0 Å². The third kappa shape index (κ3) is 2.20. The number of fused-ring (bicyclic) bond motifs is 5. The van der Waals surface area contributed by atoms with E-state index in [9.17, 15) is 15.3 Å². The highest BCUT2D eigenvalue weighted by Crippen LogP contribution is 2.65. The zero-order valence-corrected chi connectivity index (χ0v) is 15.4. The number of rotatable bonds is 1. The maximum atomic E-state index is 10.9. The fourth-order valence-corrected chi connectivity index (χ4v) is 7.38. The molecule has 3 saturated carbocycles. The Labute approximate surface area is 146 Å². The summed E-state index contributed by atoms with van der Waals surface area (Å²) >= 11 is 0. The first-order valence-electron chi connectivity index (χ1n) is 10.0. The van der Waals surface area contributed by atoms with Crippen LogP contribution in [0.15, 0.2) is 11.6 Å². The number of aliphatic hydroxyl groups is 3. The SMILES string of the molecule is CC(O)[C@H]1CC[C@H]2[C@@H]3CC(O)C4CC(O)CC[C@]4(C)C3=CC[C@]12C. The number of allylic oxidation sites excluding steroid dienone is 2. The van der Waals surface area contributed by atoms with Crippen molar-refractivity contribution in [2.75, 3.05) is 0 Å². The van der Waals surface area contributed by atoms with Crippen LogP contribution >= 0.6 is 0 Å². The van der Waals surface area contributed by atoms with E-state index in [0.29, 0.717) is 17.8 Å². The fourth-order valence-electron chi connectivity index (χ4n) is 7.38. The average Bonchev–Trinajstić information content (AvgIpc) is 2.87. The molecule has 0 bridgehead atoms. The van der Waals surface area contributed by atoms with E-state index in [1.165, 1.54) is 6.42 Å². The topological polar surface area (TPSA) is 60.7 Å². The molecule has 9 atom stereocenters. The first-order valence-corrected chi connectivity index (χ1v) is 10.0. The summed E-state index contributed by atoms with van der Waals surface area (Å²) in [6.07, 6.45) is 8.55. The van der Waals surface area contributed by atoms with Gasteiger partial charge in [-0.1, -0.05) is 25.5 Å². The van der Waals surface area contributed by atoms with Crippen LogP contribution in [0.4, 0.5) is 0 Å². The molecule has 0 radical (unpaired) electrons. The number of aliphatic hydroxyl groups excluding tert-OH is 3. The van der Waals surface area contributed by atoms with Crippen molar-refractivity contribution < 1.29 is 15.3 Å². The van der Waals surface area contributed by atoms with E-state index in [2.05, 4.69) is 19.9 Å². The van der Waals surface area contributed by atoms with Crippen LogP contribution in [0.2, 0.25) is 0 Å². The zero-order chi connectivity index (χ0) is 17.3. The first-order chi connectivity index (χ1) is 11.3. The monoisotopic (exact) mass is 334 g/mol. The molecular weight excluding hydrogens is 300 g/mol.